The quantitative estimate of drug-likeness (QED) is 0.0415. The highest BCUT2D eigenvalue weighted by molar-refractivity contribution is 9.09. The molecule has 10 rings (SSSR count). The Morgan fingerprint density at radius 3 is 1.63 bits per heavy atom. The van der Waals surface area contributed by atoms with E-state index in [4.69, 9.17) is 38.4 Å². The maximum absolute atomic E-state index is 14.6. The fraction of sp³-hybridized carbons (Fsp3) is 0.647. The summed E-state index contributed by atoms with van der Waals surface area (Å²) in [6.45, 7) is 13.9. The summed E-state index contributed by atoms with van der Waals surface area (Å²) in [6, 6.07) is 16.1. The first-order valence-corrected chi connectivity index (χ1v) is 32.6. The Hall–Kier alpha value is -4.50. The number of carbonyl (C=O) groups is 2. The molecule has 4 fully saturated rings. The van der Waals surface area contributed by atoms with E-state index in [-0.39, 0.29) is 31.8 Å². The molecule has 4 saturated heterocycles. The zero-order chi connectivity index (χ0) is 62.4. The lowest BCUT2D eigenvalue weighted by atomic mass is 9.91. The molecule has 0 spiro atoms. The van der Waals surface area contributed by atoms with Crippen LogP contribution in [0, 0.1) is 11.6 Å². The molecule has 6 aliphatic rings. The number of fused-ring (bicyclic) bond motifs is 2. The minimum Gasteiger partial charge on any atom is -0.459 e. The van der Waals surface area contributed by atoms with Gasteiger partial charge < -0.3 is 33.7 Å². The number of nitrogens with zero attached hydrogens (tertiary/aromatic N) is 3. The van der Waals surface area contributed by atoms with Gasteiger partial charge in [0.2, 0.25) is 0 Å². The van der Waals surface area contributed by atoms with E-state index >= 15 is 0 Å². The van der Waals surface area contributed by atoms with Gasteiger partial charge in [-0.2, -0.15) is 0 Å². The number of esters is 2. The van der Waals surface area contributed by atoms with E-state index in [0.29, 0.717) is 48.1 Å². The van der Waals surface area contributed by atoms with Gasteiger partial charge in [-0.25, -0.2) is 31.1 Å². The van der Waals surface area contributed by atoms with Gasteiger partial charge in [-0.15, -0.1) is 0 Å². The highest BCUT2D eigenvalue weighted by Crippen LogP contribution is 2.43. The number of likely N-dealkylation sites (tertiary alicyclic amines) is 1. The fourth-order valence-corrected chi connectivity index (χ4v) is 12.6. The molecule has 0 bridgehead atoms. The molecule has 2 aromatic heterocycles. The number of unbranched alkanes of at least 4 members (excludes halogenated alkanes) is 2. The number of hydrogen-bond acceptors (Lipinski definition) is 12. The van der Waals surface area contributed by atoms with Crippen molar-refractivity contribution in [3.05, 3.63) is 128 Å². The van der Waals surface area contributed by atoms with Crippen molar-refractivity contribution in [3.8, 4) is 0 Å². The van der Waals surface area contributed by atoms with Crippen LogP contribution in [0.25, 0.3) is 0 Å². The maximum Gasteiger partial charge on any atom is 0.328 e. The van der Waals surface area contributed by atoms with Crippen molar-refractivity contribution in [1.82, 2.24) is 20.2 Å². The molecule has 1 N–H and O–H groups in total. The molecular weight excluding hydrogens is 1190 g/mol. The fourth-order valence-electron chi connectivity index (χ4n) is 12.1. The lowest BCUT2D eigenvalue weighted by Gasteiger charge is -2.34. The van der Waals surface area contributed by atoms with Gasteiger partial charge in [0, 0.05) is 68.5 Å². The van der Waals surface area contributed by atoms with Gasteiger partial charge in [0.05, 0.1) is 24.4 Å². The molecule has 6 heterocycles. The summed E-state index contributed by atoms with van der Waals surface area (Å²) in [7, 11) is 0. The summed E-state index contributed by atoms with van der Waals surface area (Å²) < 4.78 is 116. The van der Waals surface area contributed by atoms with Gasteiger partial charge in [0.15, 0.2) is 0 Å². The zero-order valence-electron chi connectivity index (χ0n) is 51.8. The maximum atomic E-state index is 14.6. The summed E-state index contributed by atoms with van der Waals surface area (Å²) in [4.78, 5) is 36.7. The van der Waals surface area contributed by atoms with Crippen LogP contribution >= 0.6 is 15.9 Å². The minimum absolute atomic E-state index is 0.0755. The van der Waals surface area contributed by atoms with Gasteiger partial charge in [0.1, 0.15) is 46.9 Å². The first-order chi connectivity index (χ1) is 41.4. The predicted molar refractivity (Wildman–Crippen MR) is 325 cm³/mol. The number of halogens is 7. The van der Waals surface area contributed by atoms with Crippen LogP contribution in [0.4, 0.5) is 26.3 Å². The van der Waals surface area contributed by atoms with E-state index in [9.17, 15) is 35.9 Å². The number of hydrogen-bond donors (Lipinski definition) is 1. The Morgan fingerprint density at radius 1 is 0.644 bits per heavy atom. The third-order valence-electron chi connectivity index (χ3n) is 16.5. The monoisotopic (exact) mass is 1280 g/mol. The number of alkyl halides is 5. The number of pyridine rings is 2. The summed E-state index contributed by atoms with van der Waals surface area (Å²) in [5.74, 6) is -7.85. The lowest BCUT2D eigenvalue weighted by Crippen LogP contribution is -2.39. The van der Waals surface area contributed by atoms with Crippen molar-refractivity contribution in [2.45, 2.75) is 228 Å². The predicted octanol–water partition coefficient (Wildman–Crippen LogP) is 14.8. The molecule has 480 valence electrons. The Balaban J connectivity index is 0.000000187. The summed E-state index contributed by atoms with van der Waals surface area (Å²) in [5, 5.41) is 3.33. The summed E-state index contributed by atoms with van der Waals surface area (Å²) >= 11 is 3.23. The van der Waals surface area contributed by atoms with Crippen molar-refractivity contribution in [3.63, 3.8) is 0 Å². The largest absolute Gasteiger partial charge is 0.459 e. The molecule has 4 unspecified atom stereocenters. The van der Waals surface area contributed by atoms with Gasteiger partial charge in [-0.05, 0) is 233 Å². The molecule has 2 aliphatic carbocycles. The van der Waals surface area contributed by atoms with E-state index in [0.717, 1.165) is 76.8 Å². The standard InChI is InChI=1S/C34H45F3N2O4.C17H20BrF3O3.C17H26N2O/c1-33(2,3)43-32(40)31(28-20-24(35)12-14-27(28)30-15-17-34(36,37)22-42-30)39-18-16-26(21-39)41-19-7-6-9-25-13-11-23-8-4-5-10-29(23)38-25;1-16(2,3)24-15(22)14(18)12-8-10(19)4-5-11(12)13-6-7-17(20,21)9-23-13;1-2-7-17-14(5-1)8-9-15(19-17)6-3-4-12-20-16-10-11-18-13-16/h11-14,20,26,30-31H,4-10,15-19,21-22H2,1-3H3;4-5,8,13-14H,6-7,9H2,1-3H3;8-9,16,18H,1-7,10-13H2/t26-,30?,31?;;16-/m1.1/s1. The molecule has 0 saturated carbocycles. The van der Waals surface area contributed by atoms with Crippen molar-refractivity contribution in [2.75, 3.05) is 52.6 Å². The zero-order valence-corrected chi connectivity index (χ0v) is 53.4. The van der Waals surface area contributed by atoms with Crippen LogP contribution in [0.2, 0.25) is 0 Å². The van der Waals surface area contributed by atoms with Crippen molar-refractivity contribution >= 4 is 27.9 Å². The third-order valence-corrected chi connectivity index (χ3v) is 17.4. The summed E-state index contributed by atoms with van der Waals surface area (Å²) in [5.41, 5.74) is 8.27. The molecule has 4 aromatic rings. The first kappa shape index (κ1) is 68.4. The second-order valence-electron chi connectivity index (χ2n) is 26.2. The molecule has 87 heavy (non-hydrogen) atoms. The van der Waals surface area contributed by atoms with Gasteiger partial charge in [0.25, 0.3) is 11.8 Å². The van der Waals surface area contributed by atoms with E-state index < -0.39 is 82.9 Å². The number of aromatic nitrogens is 2. The van der Waals surface area contributed by atoms with Crippen LogP contribution in [-0.2, 0) is 76.5 Å². The topological polar surface area (TPSA) is 131 Å². The third kappa shape index (κ3) is 21.3. The van der Waals surface area contributed by atoms with E-state index in [1.807, 2.05) is 4.90 Å². The smallest absolute Gasteiger partial charge is 0.328 e. The Bertz CT molecular complexity index is 2860. The number of benzene rings is 2. The molecule has 0 amide bonds. The van der Waals surface area contributed by atoms with Crippen LogP contribution in [0.5, 0.6) is 0 Å². The average Bonchev–Trinajstić information content (AvgIpc) is 3.15. The van der Waals surface area contributed by atoms with Crippen molar-refractivity contribution in [1.29, 1.82) is 0 Å². The summed E-state index contributed by atoms with van der Waals surface area (Å²) in [6.07, 6.45) is 16.5. The number of rotatable bonds is 19. The van der Waals surface area contributed by atoms with Gasteiger partial charge in [-0.3, -0.25) is 19.7 Å². The van der Waals surface area contributed by atoms with E-state index in [1.165, 1.54) is 110 Å². The molecule has 4 aliphatic heterocycles. The van der Waals surface area contributed by atoms with E-state index in [2.05, 4.69) is 45.5 Å². The van der Waals surface area contributed by atoms with E-state index in [1.54, 1.807) is 47.6 Å². The van der Waals surface area contributed by atoms with Crippen molar-refractivity contribution in [2.24, 2.45) is 0 Å². The van der Waals surface area contributed by atoms with Gasteiger partial charge in [-0.1, -0.05) is 40.2 Å². The normalized spacial score (nSPS) is 22.5. The molecule has 0 radical (unpaired) electrons. The molecule has 2 aromatic carbocycles. The molecule has 19 heteroatoms. The number of ether oxygens (including phenoxy) is 6. The molecule has 6 atom stereocenters. The Morgan fingerprint density at radius 2 is 1.14 bits per heavy atom. The Kier molecular flexibility index (Phi) is 24.8. The highest BCUT2D eigenvalue weighted by atomic mass is 79.9. The van der Waals surface area contributed by atoms with Gasteiger partial charge >= 0.3 is 11.9 Å². The van der Waals surface area contributed by atoms with Crippen LogP contribution in [0.3, 0.4) is 0 Å². The second-order valence-corrected chi connectivity index (χ2v) is 27.1. The average molecular weight is 1290 g/mol. The number of nitrogens with one attached hydrogen (secondary N) is 1. The molecule has 12 nitrogen and oxygen atoms in total. The first-order valence-electron chi connectivity index (χ1n) is 31.7. The lowest BCUT2D eigenvalue weighted by molar-refractivity contribution is -0.162. The Labute approximate surface area is 519 Å². The SMILES string of the molecule is CC(C)(C)OC(=O)C(Br)c1cc(F)ccc1C1CCC(F)(F)CO1.CC(C)(C)OC(=O)C(c1cc(F)ccc1C1CCC(F)(F)CO1)N1CC[C@@H](OCCCCc2ccc3c(n2)CCCC3)C1.c1cc2c(nc1CCCCO[C@@H]1CCNC1)CCCC2. The number of aryl methyl sites for hydroxylation is 6. The molecular formula is C68H91BrF6N4O8. The number of carbonyl (C=O) groups excluding carboxylic acids is 2. The van der Waals surface area contributed by atoms with Crippen LogP contribution in [-0.4, -0.2) is 115 Å². The highest BCUT2D eigenvalue weighted by Gasteiger charge is 2.43. The minimum atomic E-state index is -2.89. The van der Waals surface area contributed by atoms with Crippen LogP contribution in [0.1, 0.15) is 211 Å². The van der Waals surface area contributed by atoms with Crippen molar-refractivity contribution < 1.29 is 64.4 Å². The van der Waals surface area contributed by atoms with Crippen LogP contribution < -0.4 is 5.32 Å². The second kappa shape index (κ2) is 31.5. The van der Waals surface area contributed by atoms with Crippen LogP contribution in [0.15, 0.2) is 60.7 Å².